The van der Waals surface area contributed by atoms with Crippen LogP contribution in [0.4, 0.5) is 44.5 Å². The Kier molecular flexibility index (Phi) is 26.9. The first-order valence-corrected chi connectivity index (χ1v) is 34.4. The van der Waals surface area contributed by atoms with Gasteiger partial charge in [0, 0.05) is 88.3 Å². The predicted molar refractivity (Wildman–Crippen MR) is 364 cm³/mol. The van der Waals surface area contributed by atoms with E-state index in [1.807, 2.05) is 37.5 Å². The zero-order valence-electron chi connectivity index (χ0n) is 53.8. The van der Waals surface area contributed by atoms with Crippen LogP contribution in [0, 0.1) is 0 Å². The number of carboxylic acids is 1. The van der Waals surface area contributed by atoms with Gasteiger partial charge in [-0.15, -0.1) is 12.4 Å². The molecule has 2 saturated heterocycles. The Hall–Kier alpha value is -7.91. The molecule has 2 fully saturated rings. The molecule has 2 atom stereocenters. The maximum Gasteiger partial charge on any atom is 0.415 e. The van der Waals surface area contributed by atoms with E-state index in [9.17, 15) is 41.1 Å². The first-order valence-electron chi connectivity index (χ1n) is 30.7. The molecule has 2 aromatic heterocycles. The summed E-state index contributed by atoms with van der Waals surface area (Å²) in [7, 11) is -8.15. The third-order valence-corrected chi connectivity index (χ3v) is 19.3. The molecule has 2 amide bonds. The number of nitrogens with one attached hydrogen (secondary N) is 2. The van der Waals surface area contributed by atoms with Crippen molar-refractivity contribution in [3.63, 3.8) is 0 Å². The number of esters is 1. The molecule has 29 heteroatoms. The molecule has 0 saturated carbocycles. The smallest absolute Gasteiger partial charge is 0.415 e. The number of carboxylic acid groups (broad SMARTS) is 1. The van der Waals surface area contributed by atoms with Crippen molar-refractivity contribution in [2.24, 2.45) is 0 Å². The molecular weight excluding hydrogens is 1300 g/mol. The number of nitrogens with zero attached hydrogens (tertiary/aromatic N) is 10. The van der Waals surface area contributed by atoms with Crippen molar-refractivity contribution in [1.82, 2.24) is 29.7 Å². The van der Waals surface area contributed by atoms with Gasteiger partial charge < -0.3 is 49.6 Å². The molecule has 4 aromatic carbocycles. The summed E-state index contributed by atoms with van der Waals surface area (Å²) in [6.07, 6.45) is 6.07. The normalized spacial score (nSPS) is 13.7. The van der Waals surface area contributed by atoms with Gasteiger partial charge in [0.2, 0.25) is 11.9 Å². The van der Waals surface area contributed by atoms with E-state index >= 15 is 0 Å². The number of aliphatic carboxylic acids is 1. The van der Waals surface area contributed by atoms with Gasteiger partial charge >= 0.3 is 24.1 Å². The second kappa shape index (κ2) is 33.8. The standard InChI is InChI=1S/C34H45ClN6O6S.C30H37ClN6O6S.ClH/c1-7-39(8-2)32-36-23-29(41(9-3)48(44,45)27-18-14-25(35)15-19-27)30(38-32)37-28(31(42)47-34(4,5)6)22-24-12-16-26(17-13-24)46-33(43)40-20-10-11-21-40;1-4-35(5-2)29-32-20-26(37(6-3)44(41,42)24-15-11-22(31)12-16-24)27(34-29)33-25(28(38)39)19-21-9-13-23(14-10-21)43-30(40)36-17-7-8-18-36;/h12-19,23,28H,7-11,20-22H2,1-6H3,(H,36,37,38);9-16,20,25H,4-8,17-19H2,1-3H3,(H,38,39)(H,32,33,34);1H/t28-;25-;/m00./s1. The fourth-order valence-electron chi connectivity index (χ4n) is 10.1. The van der Waals surface area contributed by atoms with Crippen molar-refractivity contribution in [2.45, 2.75) is 128 Å². The molecule has 504 valence electrons. The molecule has 24 nitrogen and oxygen atoms in total. The number of rotatable bonds is 26. The molecule has 8 rings (SSSR count). The molecule has 93 heavy (non-hydrogen) atoms. The maximum atomic E-state index is 13.9. The van der Waals surface area contributed by atoms with Gasteiger partial charge in [-0.05, 0) is 172 Å². The highest BCUT2D eigenvalue weighted by Gasteiger charge is 2.34. The highest BCUT2D eigenvalue weighted by molar-refractivity contribution is 7.93. The first kappa shape index (κ1) is 74.1. The summed E-state index contributed by atoms with van der Waals surface area (Å²) in [5.74, 6) is -0.0449. The van der Waals surface area contributed by atoms with Gasteiger partial charge in [0.1, 0.15) is 40.6 Å². The minimum absolute atomic E-state index is 0. The van der Waals surface area contributed by atoms with E-state index in [-0.39, 0.29) is 77.2 Å². The second-order valence-corrected chi connectivity index (χ2v) is 27.1. The lowest BCUT2D eigenvalue weighted by atomic mass is 10.0. The summed E-state index contributed by atoms with van der Waals surface area (Å²) in [5, 5.41) is 17.2. The third kappa shape index (κ3) is 19.8. The van der Waals surface area contributed by atoms with Crippen molar-refractivity contribution >= 4 is 115 Å². The zero-order chi connectivity index (χ0) is 66.9. The lowest BCUT2D eigenvalue weighted by molar-refractivity contribution is -0.155. The lowest BCUT2D eigenvalue weighted by Gasteiger charge is -2.29. The third-order valence-electron chi connectivity index (χ3n) is 15.0. The minimum Gasteiger partial charge on any atom is -0.480 e. The van der Waals surface area contributed by atoms with E-state index in [1.165, 1.54) is 65.2 Å². The number of ether oxygens (including phenoxy) is 3. The van der Waals surface area contributed by atoms with E-state index in [0.29, 0.717) is 91.4 Å². The van der Waals surface area contributed by atoms with Gasteiger partial charge in [-0.3, -0.25) is 8.61 Å². The molecule has 2 aliphatic rings. The fraction of sp³-hybridized carbons (Fsp3) is 0.438. The van der Waals surface area contributed by atoms with Gasteiger partial charge in [-0.25, -0.2) is 46.0 Å². The Labute approximate surface area is 561 Å². The highest BCUT2D eigenvalue weighted by atomic mass is 35.5. The van der Waals surface area contributed by atoms with Gasteiger partial charge in [-0.2, -0.15) is 9.97 Å². The van der Waals surface area contributed by atoms with Crippen LogP contribution in [0.15, 0.2) is 119 Å². The van der Waals surface area contributed by atoms with Crippen molar-refractivity contribution in [2.75, 3.05) is 94.5 Å². The molecule has 0 bridgehead atoms. The van der Waals surface area contributed by atoms with Crippen molar-refractivity contribution in [3.05, 3.63) is 131 Å². The molecule has 0 radical (unpaired) electrons. The van der Waals surface area contributed by atoms with E-state index in [4.69, 9.17) is 42.4 Å². The number of aromatic nitrogens is 4. The summed E-state index contributed by atoms with van der Waals surface area (Å²) in [5.41, 5.74) is 0.889. The van der Waals surface area contributed by atoms with Crippen LogP contribution >= 0.6 is 35.6 Å². The molecule has 3 N–H and O–H groups in total. The summed E-state index contributed by atoms with van der Waals surface area (Å²) in [4.78, 5) is 76.4. The predicted octanol–water partition coefficient (Wildman–Crippen LogP) is 11.5. The van der Waals surface area contributed by atoms with Gasteiger partial charge in [0.15, 0.2) is 11.6 Å². The minimum atomic E-state index is -4.07. The molecule has 0 spiro atoms. The molecular formula is C64H83Cl3N12O12S2. The van der Waals surface area contributed by atoms with Crippen LogP contribution in [-0.2, 0) is 47.2 Å². The van der Waals surface area contributed by atoms with Crippen LogP contribution in [0.25, 0.3) is 0 Å². The number of carbonyl (C=O) groups excluding carboxylic acids is 3. The zero-order valence-corrected chi connectivity index (χ0v) is 57.7. The number of likely N-dealkylation sites (tertiary alicyclic amines) is 2. The molecule has 6 aromatic rings. The Balaban J connectivity index is 0.000000293. The number of halogens is 3. The van der Waals surface area contributed by atoms with Crippen LogP contribution in [-0.4, -0.2) is 159 Å². The number of anilines is 6. The van der Waals surface area contributed by atoms with Gasteiger partial charge in [0.05, 0.1) is 22.2 Å². The Morgan fingerprint density at radius 2 is 0.892 bits per heavy atom. The van der Waals surface area contributed by atoms with Crippen molar-refractivity contribution < 1.29 is 55.3 Å². The van der Waals surface area contributed by atoms with Crippen LogP contribution in [0.1, 0.15) is 99.1 Å². The Morgan fingerprint density at radius 3 is 1.22 bits per heavy atom. The molecule has 2 aliphatic heterocycles. The van der Waals surface area contributed by atoms with Crippen LogP contribution in [0.3, 0.4) is 0 Å². The summed E-state index contributed by atoms with van der Waals surface area (Å²) >= 11 is 12.0. The molecule has 0 aliphatic carbocycles. The highest BCUT2D eigenvalue weighted by Crippen LogP contribution is 2.35. The number of amides is 2. The summed E-state index contributed by atoms with van der Waals surface area (Å²) < 4.78 is 74.3. The largest absolute Gasteiger partial charge is 0.480 e. The summed E-state index contributed by atoms with van der Waals surface area (Å²) in [6.45, 7) is 21.7. The summed E-state index contributed by atoms with van der Waals surface area (Å²) in [6, 6.07) is 23.1. The Bertz CT molecular complexity index is 3690. The number of sulfonamides is 2. The number of hydrogen-bond donors (Lipinski definition) is 3. The van der Waals surface area contributed by atoms with Crippen molar-refractivity contribution in [1.29, 1.82) is 0 Å². The number of carbonyl (C=O) groups is 4. The maximum absolute atomic E-state index is 13.9. The van der Waals surface area contributed by atoms with Gasteiger partial charge in [-0.1, -0.05) is 47.5 Å². The monoisotopic (exact) mass is 1380 g/mol. The Morgan fingerprint density at radius 1 is 0.548 bits per heavy atom. The van der Waals surface area contributed by atoms with E-state index in [0.717, 1.165) is 35.6 Å². The van der Waals surface area contributed by atoms with E-state index < -0.39 is 55.8 Å². The average molecular weight is 1380 g/mol. The quantitative estimate of drug-likeness (QED) is 0.0426. The topological polar surface area (TPSA) is 280 Å². The lowest BCUT2D eigenvalue weighted by Crippen LogP contribution is -2.39. The average Bonchev–Trinajstić information content (AvgIpc) is 1.18. The van der Waals surface area contributed by atoms with Crippen LogP contribution < -0.4 is 38.5 Å². The van der Waals surface area contributed by atoms with E-state index in [1.54, 1.807) is 92.9 Å². The van der Waals surface area contributed by atoms with E-state index in [2.05, 4.69) is 25.6 Å². The SMILES string of the molecule is CCN(CC)c1ncc(N(CC)S(=O)(=O)c2ccc(Cl)cc2)c(N[C@@H](Cc2ccc(OC(=O)N3CCCC3)cc2)C(=O)O)n1.CCN(CC)c1ncc(N(CC)S(=O)(=O)c2ccc(Cl)cc2)c(N[C@@H](Cc2ccc(OC(=O)N3CCCC3)cc2)C(=O)OC(C)(C)C)n1.Cl. The van der Waals surface area contributed by atoms with Crippen molar-refractivity contribution in [3.8, 4) is 11.5 Å². The molecule has 0 unspecified atom stereocenters. The fourth-order valence-corrected chi connectivity index (χ4v) is 13.3. The van der Waals surface area contributed by atoms with Gasteiger partial charge in [0.25, 0.3) is 20.0 Å². The van der Waals surface area contributed by atoms with Crippen LogP contribution in [0.2, 0.25) is 10.0 Å². The molecule has 4 heterocycles. The van der Waals surface area contributed by atoms with Crippen LogP contribution in [0.5, 0.6) is 11.5 Å². The number of benzene rings is 4. The first-order chi connectivity index (χ1) is 43.8. The second-order valence-electron chi connectivity index (χ2n) is 22.5. The number of hydrogen-bond acceptors (Lipinski definition) is 19.